The molecule has 4 heteroatoms. The number of hydrogen-bond donors (Lipinski definition) is 1. The molecule has 0 radical (unpaired) electrons. The largest absolute Gasteiger partial charge is 0.133 e. The Morgan fingerprint density at radius 1 is 1.75 bits per heavy atom. The SMILES string of the molecule is Sc1cc(Cl)c(Br)s1. The van der Waals surface area contributed by atoms with Crippen molar-refractivity contribution in [1.29, 1.82) is 0 Å². The topological polar surface area (TPSA) is 0 Å². The molecule has 44 valence electrons. The van der Waals surface area contributed by atoms with Crippen molar-refractivity contribution < 1.29 is 0 Å². The van der Waals surface area contributed by atoms with Gasteiger partial charge in [0.25, 0.3) is 0 Å². The molecule has 0 aliphatic heterocycles. The molecule has 0 nitrogen and oxygen atoms in total. The molecule has 1 rings (SSSR count). The summed E-state index contributed by atoms with van der Waals surface area (Å²) in [5, 5.41) is 0.736. The summed E-state index contributed by atoms with van der Waals surface area (Å²) in [5.74, 6) is 0. The zero-order valence-electron chi connectivity index (χ0n) is 3.69. The summed E-state index contributed by atoms with van der Waals surface area (Å²) < 4.78 is 1.88. The minimum absolute atomic E-state index is 0.736. The van der Waals surface area contributed by atoms with Crippen LogP contribution in [-0.4, -0.2) is 0 Å². The Labute approximate surface area is 70.4 Å². The van der Waals surface area contributed by atoms with E-state index in [9.17, 15) is 0 Å². The summed E-state index contributed by atoms with van der Waals surface area (Å²) in [6.45, 7) is 0. The molecule has 8 heavy (non-hydrogen) atoms. The summed E-state index contributed by atoms with van der Waals surface area (Å²) in [7, 11) is 0. The molecule has 0 spiro atoms. The molecule has 0 aliphatic rings. The van der Waals surface area contributed by atoms with Crippen LogP contribution in [0.1, 0.15) is 0 Å². The predicted molar refractivity (Wildman–Crippen MR) is 44.3 cm³/mol. The fourth-order valence-electron chi connectivity index (χ4n) is 0.335. The molecule has 1 heterocycles. The van der Waals surface area contributed by atoms with Gasteiger partial charge in [0.05, 0.1) is 13.0 Å². The van der Waals surface area contributed by atoms with Crippen molar-refractivity contribution in [3.63, 3.8) is 0 Å². The maximum absolute atomic E-state index is 5.64. The third kappa shape index (κ3) is 1.41. The van der Waals surface area contributed by atoms with Gasteiger partial charge in [-0.1, -0.05) is 11.6 Å². The van der Waals surface area contributed by atoms with Crippen LogP contribution in [0.15, 0.2) is 14.1 Å². The minimum atomic E-state index is 0.736. The maximum atomic E-state index is 5.64. The van der Waals surface area contributed by atoms with Gasteiger partial charge in [-0.05, 0) is 22.0 Å². The molecule has 0 N–H and O–H groups in total. The van der Waals surface area contributed by atoms with E-state index in [0.29, 0.717) is 0 Å². The highest BCUT2D eigenvalue weighted by molar-refractivity contribution is 9.11. The Morgan fingerprint density at radius 2 is 2.38 bits per heavy atom. The highest BCUT2D eigenvalue weighted by Crippen LogP contribution is 2.33. The first-order valence-electron chi connectivity index (χ1n) is 1.84. The van der Waals surface area contributed by atoms with Crippen molar-refractivity contribution in [3.05, 3.63) is 14.9 Å². The van der Waals surface area contributed by atoms with Gasteiger partial charge in [-0.3, -0.25) is 0 Å². The van der Waals surface area contributed by atoms with E-state index in [4.69, 9.17) is 11.6 Å². The Bertz CT molecular complexity index is 176. The van der Waals surface area contributed by atoms with E-state index in [-0.39, 0.29) is 0 Å². The van der Waals surface area contributed by atoms with Crippen LogP contribution in [0.5, 0.6) is 0 Å². The Kier molecular flexibility index (Phi) is 2.26. The van der Waals surface area contributed by atoms with Gasteiger partial charge in [-0.15, -0.1) is 24.0 Å². The van der Waals surface area contributed by atoms with Crippen LogP contribution in [-0.2, 0) is 0 Å². The van der Waals surface area contributed by atoms with E-state index < -0.39 is 0 Å². The van der Waals surface area contributed by atoms with E-state index in [1.165, 1.54) is 11.3 Å². The fraction of sp³-hybridized carbons (Fsp3) is 0. The average molecular weight is 230 g/mol. The van der Waals surface area contributed by atoms with Gasteiger partial charge >= 0.3 is 0 Å². The van der Waals surface area contributed by atoms with Crippen molar-refractivity contribution in [1.82, 2.24) is 0 Å². The van der Waals surface area contributed by atoms with E-state index >= 15 is 0 Å². The molecule has 0 unspecified atom stereocenters. The average Bonchev–Trinajstić information content (AvgIpc) is 1.85. The lowest BCUT2D eigenvalue weighted by atomic mass is 10.7. The third-order valence-electron chi connectivity index (χ3n) is 0.632. The lowest BCUT2D eigenvalue weighted by Gasteiger charge is -1.74. The number of hydrogen-bond acceptors (Lipinski definition) is 2. The molecule has 0 atom stereocenters. The zero-order valence-corrected chi connectivity index (χ0v) is 7.74. The van der Waals surface area contributed by atoms with E-state index in [0.717, 1.165) is 13.0 Å². The summed E-state index contributed by atoms with van der Waals surface area (Å²) in [4.78, 5) is 0. The molecule has 0 aromatic carbocycles. The minimum Gasteiger partial charge on any atom is -0.133 e. The van der Waals surface area contributed by atoms with Gasteiger partial charge in [0.1, 0.15) is 0 Å². The predicted octanol–water partition coefficient (Wildman–Crippen LogP) is 3.45. The van der Waals surface area contributed by atoms with E-state index in [1.54, 1.807) is 6.07 Å². The highest BCUT2D eigenvalue weighted by Gasteiger charge is 1.98. The van der Waals surface area contributed by atoms with E-state index in [1.807, 2.05) is 0 Å². The second kappa shape index (κ2) is 2.60. The van der Waals surface area contributed by atoms with Crippen LogP contribution in [0.25, 0.3) is 0 Å². The van der Waals surface area contributed by atoms with Crippen LogP contribution in [0, 0.1) is 0 Å². The lowest BCUT2D eigenvalue weighted by molar-refractivity contribution is 1.75. The monoisotopic (exact) mass is 228 g/mol. The molecule has 1 aromatic heterocycles. The molecule has 0 saturated carbocycles. The van der Waals surface area contributed by atoms with Crippen molar-refractivity contribution >= 4 is 51.5 Å². The van der Waals surface area contributed by atoms with Crippen LogP contribution in [0.4, 0.5) is 0 Å². The fourth-order valence-corrected chi connectivity index (χ4v) is 2.63. The molecule has 0 bridgehead atoms. The second-order valence-corrected chi connectivity index (χ2v) is 4.77. The maximum Gasteiger partial charge on any atom is 0.0896 e. The van der Waals surface area contributed by atoms with Gasteiger partial charge in [-0.2, -0.15) is 0 Å². The van der Waals surface area contributed by atoms with Gasteiger partial charge in [0.15, 0.2) is 0 Å². The zero-order chi connectivity index (χ0) is 6.15. The summed E-state index contributed by atoms with van der Waals surface area (Å²) in [5.41, 5.74) is 0. The van der Waals surface area contributed by atoms with Crippen molar-refractivity contribution in [3.8, 4) is 0 Å². The van der Waals surface area contributed by atoms with Gasteiger partial charge in [-0.25, -0.2) is 0 Å². The van der Waals surface area contributed by atoms with Gasteiger partial charge < -0.3 is 0 Å². The normalized spacial score (nSPS) is 9.88. The number of rotatable bonds is 0. The molecule has 0 aliphatic carbocycles. The summed E-state index contributed by atoms with van der Waals surface area (Å²) in [6.07, 6.45) is 0. The van der Waals surface area contributed by atoms with Crippen LogP contribution in [0.2, 0.25) is 5.02 Å². The first-order valence-corrected chi connectivity index (χ1v) is 4.27. The molecule has 0 saturated heterocycles. The smallest absolute Gasteiger partial charge is 0.0896 e. The molecule has 0 amide bonds. The van der Waals surface area contributed by atoms with Crippen molar-refractivity contribution in [2.24, 2.45) is 0 Å². The first kappa shape index (κ1) is 6.93. The quantitative estimate of drug-likeness (QED) is 0.647. The highest BCUT2D eigenvalue weighted by atomic mass is 79.9. The molecule has 0 fully saturated rings. The molecular formula is C4H2BrClS2. The van der Waals surface area contributed by atoms with E-state index in [2.05, 4.69) is 28.6 Å². The van der Waals surface area contributed by atoms with Gasteiger partial charge in [0.2, 0.25) is 0 Å². The lowest BCUT2D eigenvalue weighted by Crippen LogP contribution is -1.44. The van der Waals surface area contributed by atoms with Gasteiger partial charge in [0, 0.05) is 0 Å². The number of thiol groups is 1. The molecule has 1 aromatic rings. The Hall–Kier alpha value is 0.820. The van der Waals surface area contributed by atoms with Crippen LogP contribution in [0.3, 0.4) is 0 Å². The van der Waals surface area contributed by atoms with Crippen LogP contribution < -0.4 is 0 Å². The number of halogens is 2. The standard InChI is InChI=1S/C4H2BrClS2/c5-4-2(6)1-3(7)8-4/h1,7H. The second-order valence-electron chi connectivity index (χ2n) is 1.21. The van der Waals surface area contributed by atoms with Crippen molar-refractivity contribution in [2.45, 2.75) is 4.21 Å². The Balaban J connectivity index is 3.14. The van der Waals surface area contributed by atoms with Crippen molar-refractivity contribution in [2.75, 3.05) is 0 Å². The third-order valence-corrected chi connectivity index (χ3v) is 3.31. The summed E-state index contributed by atoms with van der Waals surface area (Å²) in [6, 6.07) is 1.80. The first-order chi connectivity index (χ1) is 3.70. The van der Waals surface area contributed by atoms with Crippen LogP contribution >= 0.6 is 51.5 Å². The Morgan fingerprint density at radius 3 is 2.50 bits per heavy atom. The number of thiophene rings is 1. The molecular weight excluding hydrogens is 228 g/mol. The summed E-state index contributed by atoms with van der Waals surface area (Å²) >= 11 is 14.5.